The first-order chi connectivity index (χ1) is 7.63. The minimum Gasteiger partial charge on any atom is -0.312 e. The fourth-order valence-electron chi connectivity index (χ4n) is 1.91. The summed E-state index contributed by atoms with van der Waals surface area (Å²) in [5.74, 6) is 0.726. The van der Waals surface area contributed by atoms with E-state index in [0.29, 0.717) is 6.04 Å². The van der Waals surface area contributed by atoms with E-state index in [2.05, 4.69) is 51.8 Å². The number of hydrogen-bond donors (Lipinski definition) is 1. The molecular formula is C12H22BrN3. The lowest BCUT2D eigenvalue weighted by Gasteiger charge is -2.21. The van der Waals surface area contributed by atoms with Crippen LogP contribution in [0, 0.1) is 5.92 Å². The lowest BCUT2D eigenvalue weighted by molar-refractivity contribution is 0.399. The third-order valence-electron chi connectivity index (χ3n) is 3.15. The van der Waals surface area contributed by atoms with Crippen molar-refractivity contribution in [1.82, 2.24) is 15.1 Å². The molecule has 3 nitrogen and oxygen atoms in total. The molecule has 1 heterocycles. The Morgan fingerprint density at radius 1 is 1.50 bits per heavy atom. The SMILES string of the molecule is CCC(C)CC(NC)c1c(Br)cnn1CC. The third kappa shape index (κ3) is 3.08. The first-order valence-electron chi connectivity index (χ1n) is 6.02. The topological polar surface area (TPSA) is 29.9 Å². The number of aromatic nitrogens is 2. The van der Waals surface area contributed by atoms with Gasteiger partial charge in [0.25, 0.3) is 0 Å². The van der Waals surface area contributed by atoms with E-state index in [1.807, 2.05) is 13.2 Å². The molecule has 0 radical (unpaired) electrons. The van der Waals surface area contributed by atoms with Crippen molar-refractivity contribution in [3.05, 3.63) is 16.4 Å². The van der Waals surface area contributed by atoms with Crippen molar-refractivity contribution in [3.8, 4) is 0 Å². The van der Waals surface area contributed by atoms with Crippen LogP contribution < -0.4 is 5.32 Å². The van der Waals surface area contributed by atoms with Gasteiger partial charge in [0.05, 0.1) is 22.4 Å². The number of hydrogen-bond acceptors (Lipinski definition) is 2. The van der Waals surface area contributed by atoms with Gasteiger partial charge in [-0.2, -0.15) is 5.10 Å². The molecule has 0 fully saturated rings. The van der Waals surface area contributed by atoms with Crippen LogP contribution in [0.4, 0.5) is 0 Å². The van der Waals surface area contributed by atoms with Crippen LogP contribution >= 0.6 is 15.9 Å². The lowest BCUT2D eigenvalue weighted by atomic mass is 9.97. The summed E-state index contributed by atoms with van der Waals surface area (Å²) in [6.07, 6.45) is 4.26. The van der Waals surface area contributed by atoms with Crippen LogP contribution in [-0.2, 0) is 6.54 Å². The number of nitrogens with one attached hydrogen (secondary N) is 1. The summed E-state index contributed by atoms with van der Waals surface area (Å²) in [5, 5.41) is 7.76. The molecule has 0 aliphatic rings. The normalized spacial score (nSPS) is 15.1. The molecule has 0 amide bonds. The quantitative estimate of drug-likeness (QED) is 0.870. The largest absolute Gasteiger partial charge is 0.312 e. The number of rotatable bonds is 6. The molecule has 1 aromatic heterocycles. The van der Waals surface area contributed by atoms with Crippen LogP contribution in [0.2, 0.25) is 0 Å². The molecule has 4 heteroatoms. The third-order valence-corrected chi connectivity index (χ3v) is 3.76. The van der Waals surface area contributed by atoms with Crippen LogP contribution in [0.15, 0.2) is 10.7 Å². The van der Waals surface area contributed by atoms with Gasteiger partial charge in [-0.1, -0.05) is 20.3 Å². The molecule has 0 aliphatic heterocycles. The highest BCUT2D eigenvalue weighted by atomic mass is 79.9. The highest BCUT2D eigenvalue weighted by Crippen LogP contribution is 2.28. The van der Waals surface area contributed by atoms with Crippen molar-refractivity contribution in [2.45, 2.75) is 46.2 Å². The molecule has 92 valence electrons. The van der Waals surface area contributed by atoms with Crippen molar-refractivity contribution in [2.24, 2.45) is 5.92 Å². The summed E-state index contributed by atoms with van der Waals surface area (Å²) in [4.78, 5) is 0. The fourth-order valence-corrected chi connectivity index (χ4v) is 2.48. The van der Waals surface area contributed by atoms with Crippen molar-refractivity contribution < 1.29 is 0 Å². The Balaban J connectivity index is 2.89. The van der Waals surface area contributed by atoms with Crippen molar-refractivity contribution >= 4 is 15.9 Å². The molecule has 0 aliphatic carbocycles. The maximum atomic E-state index is 4.37. The summed E-state index contributed by atoms with van der Waals surface area (Å²) in [7, 11) is 2.02. The van der Waals surface area contributed by atoms with Crippen molar-refractivity contribution in [2.75, 3.05) is 7.05 Å². The fraction of sp³-hybridized carbons (Fsp3) is 0.750. The Morgan fingerprint density at radius 2 is 2.19 bits per heavy atom. The molecule has 1 rings (SSSR count). The second-order valence-electron chi connectivity index (χ2n) is 4.28. The first kappa shape index (κ1) is 13.7. The van der Waals surface area contributed by atoms with E-state index in [9.17, 15) is 0 Å². The van der Waals surface area contributed by atoms with Crippen LogP contribution in [0.3, 0.4) is 0 Å². The molecular weight excluding hydrogens is 266 g/mol. The number of halogens is 1. The van der Waals surface area contributed by atoms with E-state index in [0.717, 1.165) is 23.4 Å². The van der Waals surface area contributed by atoms with Gasteiger partial charge in [0.1, 0.15) is 0 Å². The molecule has 0 saturated heterocycles. The van der Waals surface area contributed by atoms with E-state index in [1.54, 1.807) is 0 Å². The smallest absolute Gasteiger partial charge is 0.0695 e. The predicted molar refractivity (Wildman–Crippen MR) is 71.5 cm³/mol. The average molecular weight is 288 g/mol. The number of aryl methyl sites for hydroxylation is 1. The summed E-state index contributed by atoms with van der Waals surface area (Å²) in [5.41, 5.74) is 1.27. The molecule has 2 atom stereocenters. The Bertz CT molecular complexity index is 322. The van der Waals surface area contributed by atoms with E-state index in [1.165, 1.54) is 12.1 Å². The van der Waals surface area contributed by atoms with Gasteiger partial charge in [0.2, 0.25) is 0 Å². The van der Waals surface area contributed by atoms with E-state index < -0.39 is 0 Å². The van der Waals surface area contributed by atoms with Gasteiger partial charge in [0.15, 0.2) is 0 Å². The Morgan fingerprint density at radius 3 is 2.69 bits per heavy atom. The van der Waals surface area contributed by atoms with E-state index in [-0.39, 0.29) is 0 Å². The van der Waals surface area contributed by atoms with Crippen molar-refractivity contribution in [1.29, 1.82) is 0 Å². The maximum absolute atomic E-state index is 4.37. The van der Waals surface area contributed by atoms with E-state index >= 15 is 0 Å². The Kier molecular flexibility index (Phi) is 5.49. The zero-order valence-electron chi connectivity index (χ0n) is 10.6. The van der Waals surface area contributed by atoms with Gasteiger partial charge in [-0.05, 0) is 42.2 Å². The van der Waals surface area contributed by atoms with Gasteiger partial charge in [-0.25, -0.2) is 0 Å². The molecule has 0 saturated carbocycles. The molecule has 0 aromatic carbocycles. The molecule has 2 unspecified atom stereocenters. The molecule has 1 aromatic rings. The summed E-state index contributed by atoms with van der Waals surface area (Å²) >= 11 is 3.59. The maximum Gasteiger partial charge on any atom is 0.0695 e. The van der Waals surface area contributed by atoms with Gasteiger partial charge in [0, 0.05) is 6.54 Å². The van der Waals surface area contributed by atoms with Crippen LogP contribution in [-0.4, -0.2) is 16.8 Å². The summed E-state index contributed by atoms with van der Waals surface area (Å²) in [6.45, 7) is 7.58. The Labute approximate surface area is 107 Å². The Hall–Kier alpha value is -0.350. The van der Waals surface area contributed by atoms with Crippen LogP contribution in [0.1, 0.15) is 45.3 Å². The van der Waals surface area contributed by atoms with E-state index in [4.69, 9.17) is 0 Å². The average Bonchev–Trinajstić information content (AvgIpc) is 2.67. The molecule has 0 bridgehead atoms. The monoisotopic (exact) mass is 287 g/mol. The zero-order chi connectivity index (χ0) is 12.1. The van der Waals surface area contributed by atoms with Gasteiger partial charge in [-0.15, -0.1) is 0 Å². The molecule has 16 heavy (non-hydrogen) atoms. The van der Waals surface area contributed by atoms with Crippen LogP contribution in [0.25, 0.3) is 0 Å². The molecule has 0 spiro atoms. The van der Waals surface area contributed by atoms with Gasteiger partial charge < -0.3 is 5.32 Å². The standard InChI is InChI=1S/C12H22BrN3/c1-5-9(3)7-11(14-4)12-10(13)8-15-16(12)6-2/h8-9,11,14H,5-7H2,1-4H3. The second-order valence-corrected chi connectivity index (χ2v) is 5.14. The highest BCUT2D eigenvalue weighted by molar-refractivity contribution is 9.10. The first-order valence-corrected chi connectivity index (χ1v) is 6.81. The second kappa shape index (κ2) is 6.40. The minimum absolute atomic E-state index is 0.381. The van der Waals surface area contributed by atoms with Crippen molar-refractivity contribution in [3.63, 3.8) is 0 Å². The van der Waals surface area contributed by atoms with Gasteiger partial charge in [-0.3, -0.25) is 4.68 Å². The predicted octanol–water partition coefficient (Wildman–Crippen LogP) is 3.36. The lowest BCUT2D eigenvalue weighted by Crippen LogP contribution is -2.22. The highest BCUT2D eigenvalue weighted by Gasteiger charge is 2.19. The summed E-state index contributed by atoms with van der Waals surface area (Å²) < 4.78 is 3.17. The minimum atomic E-state index is 0.381. The van der Waals surface area contributed by atoms with Gasteiger partial charge >= 0.3 is 0 Å². The zero-order valence-corrected chi connectivity index (χ0v) is 12.2. The molecule has 1 N–H and O–H groups in total. The number of nitrogens with zero attached hydrogens (tertiary/aromatic N) is 2. The van der Waals surface area contributed by atoms with Crippen LogP contribution in [0.5, 0.6) is 0 Å². The summed E-state index contributed by atoms with van der Waals surface area (Å²) in [6, 6.07) is 0.381.